The molecule has 1 aromatic rings. The van der Waals surface area contributed by atoms with E-state index >= 15 is 0 Å². The van der Waals surface area contributed by atoms with Crippen molar-refractivity contribution in [2.45, 2.75) is 19.8 Å². The van der Waals surface area contributed by atoms with E-state index in [0.29, 0.717) is 17.1 Å². The van der Waals surface area contributed by atoms with E-state index < -0.39 is 0 Å². The van der Waals surface area contributed by atoms with Gasteiger partial charge in [-0.3, -0.25) is 0 Å². The van der Waals surface area contributed by atoms with Crippen LogP contribution in [0.1, 0.15) is 25.3 Å². The molecule has 0 aromatic carbocycles. The van der Waals surface area contributed by atoms with Gasteiger partial charge in [-0.05, 0) is 6.42 Å². The highest BCUT2D eigenvalue weighted by Gasteiger charge is 2.04. The number of hydrogen-bond donors (Lipinski definition) is 2. The molecule has 1 aromatic heterocycles. The van der Waals surface area contributed by atoms with E-state index in [4.69, 9.17) is 11.1 Å². The van der Waals surface area contributed by atoms with Gasteiger partial charge in [-0.1, -0.05) is 13.3 Å². The van der Waals surface area contributed by atoms with Crippen LogP contribution in [-0.4, -0.2) is 15.7 Å². The molecule has 4 nitrogen and oxygen atoms in total. The van der Waals surface area contributed by atoms with Crippen molar-refractivity contribution in [2.75, 3.05) is 5.73 Å². The quantitative estimate of drug-likeness (QED) is 0.659. The van der Waals surface area contributed by atoms with Crippen LogP contribution in [0.15, 0.2) is 12.5 Å². The smallest absolute Gasteiger partial charge is 0.135 e. The zero-order chi connectivity index (χ0) is 8.97. The Bertz CT molecular complexity index is 282. The fourth-order valence-corrected chi connectivity index (χ4v) is 0.956. The van der Waals surface area contributed by atoms with E-state index in [2.05, 4.69) is 9.97 Å². The van der Waals surface area contributed by atoms with Crippen LogP contribution in [-0.2, 0) is 0 Å². The first-order valence-corrected chi connectivity index (χ1v) is 3.89. The van der Waals surface area contributed by atoms with E-state index in [-0.39, 0.29) is 0 Å². The van der Waals surface area contributed by atoms with Gasteiger partial charge >= 0.3 is 0 Å². The van der Waals surface area contributed by atoms with Crippen molar-refractivity contribution >= 4 is 11.5 Å². The Balaban J connectivity index is 2.87. The highest BCUT2D eigenvalue weighted by molar-refractivity contribution is 6.01. The first-order chi connectivity index (χ1) is 5.75. The number of anilines is 1. The average Bonchev–Trinajstić information content (AvgIpc) is 2.05. The highest BCUT2D eigenvalue weighted by Crippen LogP contribution is 2.08. The molecule has 1 rings (SSSR count). The summed E-state index contributed by atoms with van der Waals surface area (Å²) in [5.74, 6) is 0.392. The summed E-state index contributed by atoms with van der Waals surface area (Å²) in [5, 5.41) is 7.61. The Labute approximate surface area is 71.4 Å². The molecule has 0 bridgehead atoms. The Morgan fingerprint density at radius 1 is 1.67 bits per heavy atom. The summed E-state index contributed by atoms with van der Waals surface area (Å²) < 4.78 is 0. The zero-order valence-corrected chi connectivity index (χ0v) is 7.04. The van der Waals surface area contributed by atoms with Crippen molar-refractivity contribution < 1.29 is 0 Å². The Morgan fingerprint density at radius 3 is 3.00 bits per heavy atom. The molecule has 1 heterocycles. The Morgan fingerprint density at radius 2 is 2.42 bits per heavy atom. The van der Waals surface area contributed by atoms with Crippen LogP contribution >= 0.6 is 0 Å². The van der Waals surface area contributed by atoms with Gasteiger partial charge in [0.05, 0.1) is 5.56 Å². The molecule has 3 N–H and O–H groups in total. The lowest BCUT2D eigenvalue weighted by Crippen LogP contribution is -2.05. The van der Waals surface area contributed by atoms with E-state index in [9.17, 15) is 0 Å². The van der Waals surface area contributed by atoms with Gasteiger partial charge in [0.1, 0.15) is 12.1 Å². The van der Waals surface area contributed by atoms with Crippen LogP contribution in [0.25, 0.3) is 0 Å². The van der Waals surface area contributed by atoms with Gasteiger partial charge in [-0.2, -0.15) is 0 Å². The van der Waals surface area contributed by atoms with Crippen molar-refractivity contribution in [2.24, 2.45) is 0 Å². The third-order valence-corrected chi connectivity index (χ3v) is 1.57. The molecule has 4 heteroatoms. The summed E-state index contributed by atoms with van der Waals surface area (Å²) in [5.41, 5.74) is 6.72. The first kappa shape index (κ1) is 8.64. The van der Waals surface area contributed by atoms with Crippen molar-refractivity contribution in [1.29, 1.82) is 5.41 Å². The molecule has 0 atom stereocenters. The summed E-state index contributed by atoms with van der Waals surface area (Å²) >= 11 is 0. The SMILES string of the molecule is CCCC(=N)c1cncnc1N. The fourth-order valence-electron chi connectivity index (χ4n) is 0.956. The van der Waals surface area contributed by atoms with Crippen molar-refractivity contribution in [3.05, 3.63) is 18.1 Å². The lowest BCUT2D eigenvalue weighted by Gasteiger charge is -2.03. The van der Waals surface area contributed by atoms with Crippen molar-refractivity contribution in [3.8, 4) is 0 Å². The maximum Gasteiger partial charge on any atom is 0.135 e. The van der Waals surface area contributed by atoms with Gasteiger partial charge in [0.15, 0.2) is 0 Å². The molecule has 12 heavy (non-hydrogen) atoms. The molecule has 0 aliphatic heterocycles. The molecule has 64 valence electrons. The summed E-state index contributed by atoms with van der Waals surface area (Å²) in [4.78, 5) is 7.63. The largest absolute Gasteiger partial charge is 0.383 e. The molecule has 0 amide bonds. The van der Waals surface area contributed by atoms with Crippen molar-refractivity contribution in [3.63, 3.8) is 0 Å². The normalized spacial score (nSPS) is 9.75. The van der Waals surface area contributed by atoms with Gasteiger partial charge in [0.2, 0.25) is 0 Å². The van der Waals surface area contributed by atoms with Crippen molar-refractivity contribution in [1.82, 2.24) is 9.97 Å². The molecular weight excluding hydrogens is 152 g/mol. The lowest BCUT2D eigenvalue weighted by molar-refractivity contribution is 0.983. The van der Waals surface area contributed by atoms with Crippen LogP contribution in [0.5, 0.6) is 0 Å². The standard InChI is InChI=1S/C8H12N4/c1-2-3-7(9)6-4-11-5-12-8(6)10/h4-5,9H,2-3H2,1H3,(H2,10,11,12). The minimum absolute atomic E-state index is 0.392. The maximum absolute atomic E-state index is 7.61. The maximum atomic E-state index is 7.61. The number of nitrogens with two attached hydrogens (primary N) is 1. The zero-order valence-electron chi connectivity index (χ0n) is 7.04. The van der Waals surface area contributed by atoms with E-state index in [1.54, 1.807) is 6.20 Å². The van der Waals surface area contributed by atoms with Crippen LogP contribution < -0.4 is 5.73 Å². The minimum Gasteiger partial charge on any atom is -0.383 e. The van der Waals surface area contributed by atoms with Gasteiger partial charge in [0, 0.05) is 11.9 Å². The summed E-state index contributed by atoms with van der Waals surface area (Å²) in [6.45, 7) is 2.02. The lowest BCUT2D eigenvalue weighted by atomic mass is 10.1. The van der Waals surface area contributed by atoms with Gasteiger partial charge in [0.25, 0.3) is 0 Å². The number of rotatable bonds is 3. The number of nitrogen functional groups attached to an aromatic ring is 1. The van der Waals surface area contributed by atoms with Crippen LogP contribution in [0, 0.1) is 5.41 Å². The van der Waals surface area contributed by atoms with E-state index in [1.807, 2.05) is 6.92 Å². The third-order valence-electron chi connectivity index (χ3n) is 1.57. The average molecular weight is 164 g/mol. The molecule has 0 radical (unpaired) electrons. The molecule has 0 aliphatic rings. The number of nitrogens with one attached hydrogen (secondary N) is 1. The molecule has 0 spiro atoms. The molecule has 0 saturated carbocycles. The molecule has 0 unspecified atom stereocenters. The minimum atomic E-state index is 0.392. The predicted octanol–water partition coefficient (Wildman–Crippen LogP) is 1.23. The summed E-state index contributed by atoms with van der Waals surface area (Å²) in [6.07, 6.45) is 4.63. The topological polar surface area (TPSA) is 75.7 Å². The molecule has 0 aliphatic carbocycles. The first-order valence-electron chi connectivity index (χ1n) is 3.89. The Kier molecular flexibility index (Phi) is 2.74. The number of nitrogens with zero attached hydrogens (tertiary/aromatic N) is 2. The van der Waals surface area contributed by atoms with Gasteiger partial charge < -0.3 is 11.1 Å². The van der Waals surface area contributed by atoms with Crippen LogP contribution in [0.3, 0.4) is 0 Å². The fraction of sp³-hybridized carbons (Fsp3) is 0.375. The highest BCUT2D eigenvalue weighted by atomic mass is 14.9. The van der Waals surface area contributed by atoms with Crippen LogP contribution in [0.4, 0.5) is 5.82 Å². The Hall–Kier alpha value is -1.45. The second kappa shape index (κ2) is 3.80. The monoisotopic (exact) mass is 164 g/mol. The second-order valence-electron chi connectivity index (χ2n) is 2.55. The molecular formula is C8H12N4. The molecule has 0 fully saturated rings. The number of hydrogen-bond acceptors (Lipinski definition) is 4. The van der Waals surface area contributed by atoms with Gasteiger partial charge in [-0.25, -0.2) is 9.97 Å². The summed E-state index contributed by atoms with van der Waals surface area (Å²) in [7, 11) is 0. The molecule has 0 saturated heterocycles. The summed E-state index contributed by atoms with van der Waals surface area (Å²) in [6, 6.07) is 0. The van der Waals surface area contributed by atoms with Crippen LogP contribution in [0.2, 0.25) is 0 Å². The van der Waals surface area contributed by atoms with Gasteiger partial charge in [-0.15, -0.1) is 0 Å². The number of aromatic nitrogens is 2. The second-order valence-corrected chi connectivity index (χ2v) is 2.55. The third kappa shape index (κ3) is 1.78. The predicted molar refractivity (Wildman–Crippen MR) is 48.2 cm³/mol. The van der Waals surface area contributed by atoms with E-state index in [1.165, 1.54) is 6.33 Å². The van der Waals surface area contributed by atoms with E-state index in [0.717, 1.165) is 12.8 Å².